The molecule has 0 aromatic heterocycles. The van der Waals surface area contributed by atoms with Crippen LogP contribution in [0.1, 0.15) is 52.9 Å². The second kappa shape index (κ2) is 5.99. The van der Waals surface area contributed by atoms with Gasteiger partial charge in [0.15, 0.2) is 5.96 Å². The zero-order valence-corrected chi connectivity index (χ0v) is 10.4. The third kappa shape index (κ3) is 3.73. The van der Waals surface area contributed by atoms with E-state index >= 15 is 0 Å². The van der Waals surface area contributed by atoms with Crippen molar-refractivity contribution < 1.29 is 0 Å². The summed E-state index contributed by atoms with van der Waals surface area (Å²) in [6.45, 7) is 7.54. The van der Waals surface area contributed by atoms with Gasteiger partial charge < -0.3 is 10.6 Å². The summed E-state index contributed by atoms with van der Waals surface area (Å²) < 4.78 is 0. The van der Waals surface area contributed by atoms with E-state index in [1.165, 1.54) is 25.7 Å². The van der Waals surface area contributed by atoms with Crippen LogP contribution in [0.3, 0.4) is 0 Å². The Morgan fingerprint density at radius 3 is 2.47 bits per heavy atom. The van der Waals surface area contributed by atoms with E-state index in [0.717, 1.165) is 18.9 Å². The minimum atomic E-state index is 0.454. The average molecular weight is 211 g/mol. The van der Waals surface area contributed by atoms with Gasteiger partial charge in [-0.3, -0.25) is 0 Å². The van der Waals surface area contributed by atoms with Crippen LogP contribution >= 0.6 is 0 Å². The van der Waals surface area contributed by atoms with Gasteiger partial charge in [0, 0.05) is 12.6 Å². The van der Waals surface area contributed by atoms with Crippen LogP contribution in [0.5, 0.6) is 0 Å². The van der Waals surface area contributed by atoms with Crippen molar-refractivity contribution in [3.05, 3.63) is 0 Å². The van der Waals surface area contributed by atoms with Crippen molar-refractivity contribution in [1.29, 1.82) is 0 Å². The smallest absolute Gasteiger partial charge is 0.191 e. The molecular formula is C12H25N3. The summed E-state index contributed by atoms with van der Waals surface area (Å²) in [6, 6.07) is 0.943. The molecule has 0 heterocycles. The largest absolute Gasteiger partial charge is 0.370 e. The number of aliphatic imine (C=N–C) groups is 1. The number of guanidine groups is 1. The zero-order chi connectivity index (χ0) is 11.3. The molecule has 2 N–H and O–H groups in total. The van der Waals surface area contributed by atoms with Gasteiger partial charge in [-0.2, -0.15) is 0 Å². The maximum absolute atomic E-state index is 6.06. The van der Waals surface area contributed by atoms with Crippen LogP contribution in [-0.2, 0) is 0 Å². The van der Waals surface area contributed by atoms with Crippen molar-refractivity contribution in [2.75, 3.05) is 6.54 Å². The van der Waals surface area contributed by atoms with Crippen LogP contribution in [0, 0.1) is 0 Å². The molecule has 3 heteroatoms. The summed E-state index contributed by atoms with van der Waals surface area (Å²) in [4.78, 5) is 6.84. The van der Waals surface area contributed by atoms with Gasteiger partial charge in [-0.1, -0.05) is 19.8 Å². The first-order chi connectivity index (χ1) is 7.15. The van der Waals surface area contributed by atoms with Crippen molar-refractivity contribution in [3.63, 3.8) is 0 Å². The summed E-state index contributed by atoms with van der Waals surface area (Å²) in [5.74, 6) is 0.749. The third-order valence-electron chi connectivity index (χ3n) is 3.02. The van der Waals surface area contributed by atoms with Crippen molar-refractivity contribution in [2.24, 2.45) is 10.7 Å². The number of hydrogen-bond acceptors (Lipinski definition) is 1. The Morgan fingerprint density at radius 2 is 2.00 bits per heavy atom. The molecule has 0 aliphatic heterocycles. The molecule has 0 saturated heterocycles. The van der Waals surface area contributed by atoms with E-state index in [-0.39, 0.29) is 0 Å². The van der Waals surface area contributed by atoms with E-state index in [1.54, 1.807) is 0 Å². The molecule has 0 amide bonds. The van der Waals surface area contributed by atoms with E-state index in [9.17, 15) is 0 Å². The second-order valence-corrected chi connectivity index (χ2v) is 4.71. The van der Waals surface area contributed by atoms with Crippen molar-refractivity contribution in [3.8, 4) is 0 Å². The molecule has 88 valence electrons. The Bertz CT molecular complexity index is 205. The standard InChI is InChI=1S/C12H25N3/c1-4-9-15(10(2)3)12(13)14-11-7-5-6-8-11/h10-11H,4-9H2,1-3H3,(H2,13,14). The summed E-state index contributed by atoms with van der Waals surface area (Å²) in [6.07, 6.45) is 6.20. The molecule has 15 heavy (non-hydrogen) atoms. The molecule has 0 aromatic rings. The number of nitrogens with two attached hydrogens (primary N) is 1. The number of rotatable bonds is 4. The lowest BCUT2D eigenvalue weighted by molar-refractivity contribution is 0.343. The molecule has 1 rings (SSSR count). The minimum Gasteiger partial charge on any atom is -0.370 e. The van der Waals surface area contributed by atoms with Crippen LogP contribution in [0.25, 0.3) is 0 Å². The minimum absolute atomic E-state index is 0.454. The van der Waals surface area contributed by atoms with Crippen LogP contribution in [0.2, 0.25) is 0 Å². The Morgan fingerprint density at radius 1 is 1.40 bits per heavy atom. The predicted octanol–water partition coefficient (Wildman–Crippen LogP) is 2.36. The fraction of sp³-hybridized carbons (Fsp3) is 0.917. The van der Waals surface area contributed by atoms with Crippen LogP contribution in [0.15, 0.2) is 4.99 Å². The van der Waals surface area contributed by atoms with Gasteiger partial charge in [-0.15, -0.1) is 0 Å². The van der Waals surface area contributed by atoms with Gasteiger partial charge in [-0.25, -0.2) is 4.99 Å². The van der Waals surface area contributed by atoms with Crippen LogP contribution in [-0.4, -0.2) is 29.5 Å². The lowest BCUT2D eigenvalue weighted by Crippen LogP contribution is -2.43. The molecule has 1 fully saturated rings. The molecule has 0 bridgehead atoms. The monoisotopic (exact) mass is 211 g/mol. The van der Waals surface area contributed by atoms with E-state index in [4.69, 9.17) is 5.73 Å². The van der Waals surface area contributed by atoms with Crippen molar-refractivity contribution >= 4 is 5.96 Å². The van der Waals surface area contributed by atoms with E-state index in [2.05, 4.69) is 30.7 Å². The van der Waals surface area contributed by atoms with Gasteiger partial charge in [0.25, 0.3) is 0 Å². The molecular weight excluding hydrogens is 186 g/mol. The normalized spacial score (nSPS) is 18.8. The van der Waals surface area contributed by atoms with Crippen LogP contribution < -0.4 is 5.73 Å². The first kappa shape index (κ1) is 12.3. The molecule has 1 aliphatic rings. The molecule has 1 saturated carbocycles. The second-order valence-electron chi connectivity index (χ2n) is 4.71. The lowest BCUT2D eigenvalue weighted by Gasteiger charge is -2.27. The molecule has 0 spiro atoms. The maximum atomic E-state index is 6.06. The van der Waals surface area contributed by atoms with Gasteiger partial charge in [0.05, 0.1) is 6.04 Å². The Hall–Kier alpha value is -0.730. The Labute approximate surface area is 93.7 Å². The first-order valence-corrected chi connectivity index (χ1v) is 6.25. The topological polar surface area (TPSA) is 41.6 Å². The molecule has 3 nitrogen and oxygen atoms in total. The summed E-state index contributed by atoms with van der Waals surface area (Å²) in [5, 5.41) is 0. The Kier molecular flexibility index (Phi) is 4.92. The SMILES string of the molecule is CCCN(C(N)=NC1CCCC1)C(C)C. The lowest BCUT2D eigenvalue weighted by atomic mass is 10.2. The predicted molar refractivity (Wildman–Crippen MR) is 66.0 cm³/mol. The zero-order valence-electron chi connectivity index (χ0n) is 10.4. The maximum Gasteiger partial charge on any atom is 0.191 e. The number of nitrogens with zero attached hydrogens (tertiary/aromatic N) is 2. The van der Waals surface area contributed by atoms with Crippen molar-refractivity contribution in [2.45, 2.75) is 65.0 Å². The molecule has 0 aromatic carbocycles. The summed E-state index contributed by atoms with van der Waals surface area (Å²) >= 11 is 0. The first-order valence-electron chi connectivity index (χ1n) is 6.25. The molecule has 0 unspecified atom stereocenters. The number of hydrogen-bond donors (Lipinski definition) is 1. The quantitative estimate of drug-likeness (QED) is 0.573. The van der Waals surface area contributed by atoms with Gasteiger partial charge in [0.1, 0.15) is 0 Å². The van der Waals surface area contributed by atoms with Gasteiger partial charge in [0.2, 0.25) is 0 Å². The van der Waals surface area contributed by atoms with E-state index < -0.39 is 0 Å². The van der Waals surface area contributed by atoms with E-state index in [0.29, 0.717) is 12.1 Å². The molecule has 0 atom stereocenters. The summed E-state index contributed by atoms with van der Waals surface area (Å²) in [5.41, 5.74) is 6.06. The Balaban J connectivity index is 2.56. The third-order valence-corrected chi connectivity index (χ3v) is 3.02. The highest BCUT2D eigenvalue weighted by atomic mass is 15.3. The summed E-state index contributed by atoms with van der Waals surface area (Å²) in [7, 11) is 0. The fourth-order valence-corrected chi connectivity index (χ4v) is 2.17. The average Bonchev–Trinajstić information content (AvgIpc) is 2.65. The van der Waals surface area contributed by atoms with E-state index in [1.807, 2.05) is 0 Å². The fourth-order valence-electron chi connectivity index (χ4n) is 2.17. The van der Waals surface area contributed by atoms with Gasteiger partial charge in [-0.05, 0) is 33.1 Å². The highest BCUT2D eigenvalue weighted by Crippen LogP contribution is 2.21. The molecule has 0 radical (unpaired) electrons. The van der Waals surface area contributed by atoms with Gasteiger partial charge >= 0.3 is 0 Å². The highest BCUT2D eigenvalue weighted by molar-refractivity contribution is 5.78. The van der Waals surface area contributed by atoms with Crippen LogP contribution in [0.4, 0.5) is 0 Å². The highest BCUT2D eigenvalue weighted by Gasteiger charge is 2.17. The van der Waals surface area contributed by atoms with Crippen molar-refractivity contribution in [1.82, 2.24) is 4.90 Å². The molecule has 1 aliphatic carbocycles.